The standard InChI is InChI=1S/C11H17O2P/c1-14(12,13)10-6-5-9-11-7-3-2-4-8-11/h2-4,7-8H,5-6,9-10H2,1H3,(H,12,13). The van der Waals surface area contributed by atoms with Crippen molar-refractivity contribution in [2.45, 2.75) is 19.3 Å². The first-order valence-electron chi connectivity index (χ1n) is 4.91. The van der Waals surface area contributed by atoms with E-state index in [-0.39, 0.29) is 0 Å². The van der Waals surface area contributed by atoms with Crippen molar-refractivity contribution in [2.75, 3.05) is 12.8 Å². The van der Waals surface area contributed by atoms with Gasteiger partial charge in [0.2, 0.25) is 0 Å². The summed E-state index contributed by atoms with van der Waals surface area (Å²) >= 11 is 0. The average molecular weight is 212 g/mol. The van der Waals surface area contributed by atoms with Crippen molar-refractivity contribution < 1.29 is 9.46 Å². The number of unbranched alkanes of at least 4 members (excludes halogenated alkanes) is 1. The largest absolute Gasteiger partial charge is 0.344 e. The molecule has 0 saturated carbocycles. The number of hydrogen-bond donors (Lipinski definition) is 1. The van der Waals surface area contributed by atoms with Crippen LogP contribution in [0.15, 0.2) is 30.3 Å². The van der Waals surface area contributed by atoms with Crippen molar-refractivity contribution in [2.24, 2.45) is 0 Å². The second kappa shape index (κ2) is 5.33. The van der Waals surface area contributed by atoms with Gasteiger partial charge in [0.1, 0.15) is 0 Å². The molecule has 1 N–H and O–H groups in total. The molecule has 1 rings (SSSR count). The molecule has 14 heavy (non-hydrogen) atoms. The Morgan fingerprint density at radius 3 is 2.43 bits per heavy atom. The summed E-state index contributed by atoms with van der Waals surface area (Å²) in [5, 5.41) is 0. The summed E-state index contributed by atoms with van der Waals surface area (Å²) < 4.78 is 11.0. The first-order chi connectivity index (χ1) is 6.58. The summed E-state index contributed by atoms with van der Waals surface area (Å²) in [6, 6.07) is 10.2. The molecule has 0 aliphatic rings. The summed E-state index contributed by atoms with van der Waals surface area (Å²) in [6.07, 6.45) is 3.27. The van der Waals surface area contributed by atoms with Crippen LogP contribution in [-0.2, 0) is 11.0 Å². The Morgan fingerprint density at radius 1 is 1.21 bits per heavy atom. The van der Waals surface area contributed by atoms with E-state index in [9.17, 15) is 4.57 Å². The molecule has 0 radical (unpaired) electrons. The van der Waals surface area contributed by atoms with Gasteiger partial charge < -0.3 is 4.89 Å². The van der Waals surface area contributed by atoms with Crippen LogP contribution >= 0.6 is 7.37 Å². The predicted molar refractivity (Wildman–Crippen MR) is 60.0 cm³/mol. The van der Waals surface area contributed by atoms with Gasteiger partial charge in [-0.25, -0.2) is 0 Å². The van der Waals surface area contributed by atoms with Crippen molar-refractivity contribution in [1.82, 2.24) is 0 Å². The van der Waals surface area contributed by atoms with Crippen molar-refractivity contribution in [3.05, 3.63) is 35.9 Å². The maximum Gasteiger partial charge on any atom is 0.197 e. The molecule has 0 bridgehead atoms. The summed E-state index contributed by atoms with van der Waals surface area (Å²) in [5.74, 6) is 0. The molecule has 2 nitrogen and oxygen atoms in total. The minimum Gasteiger partial charge on any atom is -0.344 e. The fourth-order valence-electron chi connectivity index (χ4n) is 1.38. The van der Waals surface area contributed by atoms with Crippen LogP contribution in [0.25, 0.3) is 0 Å². The van der Waals surface area contributed by atoms with Crippen molar-refractivity contribution in [1.29, 1.82) is 0 Å². The van der Waals surface area contributed by atoms with Gasteiger partial charge in [-0.3, -0.25) is 4.57 Å². The molecule has 0 aromatic heterocycles. The minimum atomic E-state index is -2.79. The fraction of sp³-hybridized carbons (Fsp3) is 0.455. The van der Waals surface area contributed by atoms with Crippen molar-refractivity contribution >= 4 is 7.37 Å². The van der Waals surface area contributed by atoms with E-state index in [1.165, 1.54) is 12.2 Å². The molecule has 0 heterocycles. The van der Waals surface area contributed by atoms with Gasteiger partial charge in [0, 0.05) is 12.8 Å². The van der Waals surface area contributed by atoms with Gasteiger partial charge in [-0.1, -0.05) is 30.3 Å². The molecule has 3 heteroatoms. The molecule has 0 saturated heterocycles. The highest BCUT2D eigenvalue weighted by Gasteiger charge is 2.07. The Balaban J connectivity index is 2.20. The topological polar surface area (TPSA) is 37.3 Å². The monoisotopic (exact) mass is 212 g/mol. The third-order valence-electron chi connectivity index (χ3n) is 2.13. The first-order valence-corrected chi connectivity index (χ1v) is 7.20. The lowest BCUT2D eigenvalue weighted by Gasteiger charge is -2.04. The van der Waals surface area contributed by atoms with Crippen LogP contribution in [0.4, 0.5) is 0 Å². The van der Waals surface area contributed by atoms with Crippen LogP contribution in [0, 0.1) is 0 Å². The highest BCUT2D eigenvalue weighted by Crippen LogP contribution is 2.36. The van der Waals surface area contributed by atoms with E-state index < -0.39 is 7.37 Å². The Labute approximate surface area is 85.4 Å². The third kappa shape index (κ3) is 5.21. The summed E-state index contributed by atoms with van der Waals surface area (Å²) in [7, 11) is -2.79. The molecule has 0 fully saturated rings. The Bertz CT molecular complexity index is 302. The maximum atomic E-state index is 11.0. The van der Waals surface area contributed by atoms with E-state index in [0.29, 0.717) is 6.16 Å². The van der Waals surface area contributed by atoms with Crippen LogP contribution in [0.2, 0.25) is 0 Å². The zero-order valence-corrected chi connectivity index (χ0v) is 9.41. The van der Waals surface area contributed by atoms with Crippen LogP contribution < -0.4 is 0 Å². The van der Waals surface area contributed by atoms with E-state index in [2.05, 4.69) is 12.1 Å². The molecule has 0 amide bonds. The molecule has 0 spiro atoms. The molecule has 1 aromatic carbocycles. The second-order valence-electron chi connectivity index (χ2n) is 3.72. The number of rotatable bonds is 5. The number of aryl methyl sites for hydroxylation is 1. The lowest BCUT2D eigenvalue weighted by molar-refractivity contribution is 0.482. The predicted octanol–water partition coefficient (Wildman–Crippen LogP) is 2.91. The Morgan fingerprint density at radius 2 is 1.86 bits per heavy atom. The van der Waals surface area contributed by atoms with Gasteiger partial charge in [0.15, 0.2) is 7.37 Å². The molecule has 1 atom stereocenters. The van der Waals surface area contributed by atoms with E-state index in [0.717, 1.165) is 19.3 Å². The molecular formula is C11H17O2P. The van der Waals surface area contributed by atoms with Crippen LogP contribution in [-0.4, -0.2) is 17.7 Å². The molecular weight excluding hydrogens is 195 g/mol. The van der Waals surface area contributed by atoms with Crippen LogP contribution in [0.3, 0.4) is 0 Å². The summed E-state index contributed by atoms with van der Waals surface area (Å²) in [4.78, 5) is 9.07. The third-order valence-corrected chi connectivity index (χ3v) is 3.28. The van der Waals surface area contributed by atoms with Gasteiger partial charge in [0.25, 0.3) is 0 Å². The lowest BCUT2D eigenvalue weighted by Crippen LogP contribution is -1.90. The molecule has 1 aromatic rings. The Hall–Kier alpha value is -0.590. The van der Waals surface area contributed by atoms with Crippen molar-refractivity contribution in [3.8, 4) is 0 Å². The minimum absolute atomic E-state index is 0.444. The maximum absolute atomic E-state index is 11.0. The fourth-order valence-corrected chi connectivity index (χ4v) is 2.19. The van der Waals surface area contributed by atoms with Gasteiger partial charge >= 0.3 is 0 Å². The van der Waals surface area contributed by atoms with E-state index in [1.54, 1.807) is 0 Å². The average Bonchev–Trinajstić information content (AvgIpc) is 2.13. The highest BCUT2D eigenvalue weighted by atomic mass is 31.2. The first kappa shape index (κ1) is 11.5. The van der Waals surface area contributed by atoms with Crippen LogP contribution in [0.5, 0.6) is 0 Å². The van der Waals surface area contributed by atoms with Crippen molar-refractivity contribution in [3.63, 3.8) is 0 Å². The molecule has 0 aliphatic heterocycles. The summed E-state index contributed by atoms with van der Waals surface area (Å²) in [6.45, 7) is 1.43. The molecule has 0 aliphatic carbocycles. The smallest absolute Gasteiger partial charge is 0.197 e. The Kier molecular flexibility index (Phi) is 4.37. The second-order valence-corrected chi connectivity index (χ2v) is 6.27. The van der Waals surface area contributed by atoms with E-state index in [1.807, 2.05) is 18.2 Å². The van der Waals surface area contributed by atoms with Gasteiger partial charge in [-0.05, 0) is 24.8 Å². The zero-order valence-electron chi connectivity index (χ0n) is 8.52. The zero-order chi connectivity index (χ0) is 10.4. The highest BCUT2D eigenvalue weighted by molar-refractivity contribution is 7.57. The van der Waals surface area contributed by atoms with Gasteiger partial charge in [0.05, 0.1) is 0 Å². The van der Waals surface area contributed by atoms with Gasteiger partial charge in [-0.2, -0.15) is 0 Å². The SMILES string of the molecule is CP(=O)(O)CCCCc1ccccc1. The molecule has 1 unspecified atom stereocenters. The number of benzene rings is 1. The van der Waals surface area contributed by atoms with Crippen LogP contribution in [0.1, 0.15) is 18.4 Å². The quantitative estimate of drug-likeness (QED) is 0.602. The normalized spacial score (nSPS) is 15.0. The lowest BCUT2D eigenvalue weighted by atomic mass is 10.1. The van der Waals surface area contributed by atoms with E-state index in [4.69, 9.17) is 4.89 Å². The number of hydrogen-bond acceptors (Lipinski definition) is 1. The van der Waals surface area contributed by atoms with Gasteiger partial charge in [-0.15, -0.1) is 0 Å². The molecule has 78 valence electrons. The summed E-state index contributed by atoms with van der Waals surface area (Å²) in [5.41, 5.74) is 1.30. The van der Waals surface area contributed by atoms with E-state index >= 15 is 0 Å².